The Bertz CT molecular complexity index is 586. The topological polar surface area (TPSA) is 131 Å². The van der Waals surface area contributed by atoms with E-state index >= 15 is 0 Å². The molecule has 0 bridgehead atoms. The van der Waals surface area contributed by atoms with Crippen molar-refractivity contribution >= 4 is 23.2 Å². The van der Waals surface area contributed by atoms with Crippen LogP contribution < -0.4 is 21.9 Å². The number of hydrogen-bond donors (Lipinski definition) is 4. The molecule has 116 valence electrons. The molecule has 1 aliphatic rings. The first-order chi connectivity index (χ1) is 9.93. The fourth-order valence-corrected chi connectivity index (χ4v) is 2.14. The van der Waals surface area contributed by atoms with Gasteiger partial charge < -0.3 is 16.4 Å². The van der Waals surface area contributed by atoms with Crippen LogP contribution in [0.3, 0.4) is 0 Å². The summed E-state index contributed by atoms with van der Waals surface area (Å²) in [6, 6.07) is -0.619. The number of carbonyl (C=O) groups excluding carboxylic acids is 1. The predicted molar refractivity (Wildman–Crippen MR) is 76.9 cm³/mol. The van der Waals surface area contributed by atoms with Crippen molar-refractivity contribution in [2.75, 3.05) is 30.0 Å². The molecule has 0 saturated carbocycles. The molecule has 0 fully saturated rings. The van der Waals surface area contributed by atoms with E-state index in [1.807, 2.05) is 13.8 Å². The zero-order valence-electron chi connectivity index (χ0n) is 12.1. The van der Waals surface area contributed by atoms with E-state index in [0.717, 1.165) is 0 Å². The average Bonchev–Trinajstić information content (AvgIpc) is 2.43. The van der Waals surface area contributed by atoms with Crippen molar-refractivity contribution in [2.24, 2.45) is 5.92 Å². The molecule has 1 aromatic heterocycles. The Morgan fingerprint density at radius 1 is 1.48 bits per heavy atom. The SMILES string of the molecule is COOC(C(=O)C1CNc2nc(N)[nH]c(=O)c2N1)C(C)C. The van der Waals surface area contributed by atoms with Gasteiger partial charge in [0.25, 0.3) is 5.56 Å². The van der Waals surface area contributed by atoms with Crippen LogP contribution in [0.4, 0.5) is 17.5 Å². The van der Waals surface area contributed by atoms with E-state index in [1.165, 1.54) is 7.11 Å². The molecule has 2 unspecified atom stereocenters. The molecule has 0 aromatic carbocycles. The average molecular weight is 297 g/mol. The van der Waals surface area contributed by atoms with Crippen LogP contribution in [-0.4, -0.2) is 41.6 Å². The number of aromatic nitrogens is 2. The summed E-state index contributed by atoms with van der Waals surface area (Å²) in [5.41, 5.74) is 5.22. The highest BCUT2D eigenvalue weighted by molar-refractivity contribution is 5.93. The minimum Gasteiger partial charge on any atom is -0.369 e. The zero-order valence-corrected chi connectivity index (χ0v) is 12.1. The summed E-state index contributed by atoms with van der Waals surface area (Å²) in [7, 11) is 1.35. The van der Waals surface area contributed by atoms with E-state index in [1.54, 1.807) is 0 Å². The van der Waals surface area contributed by atoms with Crippen LogP contribution >= 0.6 is 0 Å². The van der Waals surface area contributed by atoms with E-state index in [2.05, 4.69) is 25.5 Å². The molecule has 5 N–H and O–H groups in total. The van der Waals surface area contributed by atoms with E-state index in [4.69, 9.17) is 10.6 Å². The molecular weight excluding hydrogens is 278 g/mol. The molecule has 2 atom stereocenters. The third kappa shape index (κ3) is 3.14. The molecule has 1 aliphatic heterocycles. The second-order valence-electron chi connectivity index (χ2n) is 5.08. The maximum absolute atomic E-state index is 12.5. The van der Waals surface area contributed by atoms with Gasteiger partial charge in [-0.15, -0.1) is 0 Å². The third-order valence-corrected chi connectivity index (χ3v) is 3.16. The first-order valence-corrected chi connectivity index (χ1v) is 6.57. The molecule has 0 aliphatic carbocycles. The number of anilines is 3. The highest BCUT2D eigenvalue weighted by atomic mass is 17.2. The first kappa shape index (κ1) is 15.3. The Balaban J connectivity index is 2.21. The van der Waals surface area contributed by atoms with Gasteiger partial charge in [-0.05, 0) is 5.92 Å². The summed E-state index contributed by atoms with van der Waals surface area (Å²) in [6.07, 6.45) is -0.725. The lowest BCUT2D eigenvalue weighted by Crippen LogP contribution is -2.48. The Labute approximate surface area is 121 Å². The highest BCUT2D eigenvalue weighted by Crippen LogP contribution is 2.22. The molecule has 2 rings (SSSR count). The van der Waals surface area contributed by atoms with Crippen molar-refractivity contribution in [1.82, 2.24) is 9.97 Å². The first-order valence-electron chi connectivity index (χ1n) is 6.57. The highest BCUT2D eigenvalue weighted by Gasteiger charge is 2.34. The van der Waals surface area contributed by atoms with Gasteiger partial charge in [-0.2, -0.15) is 4.98 Å². The number of nitrogen functional groups attached to an aromatic ring is 1. The van der Waals surface area contributed by atoms with Gasteiger partial charge in [-0.3, -0.25) is 14.6 Å². The number of hydrogen-bond acceptors (Lipinski definition) is 8. The zero-order chi connectivity index (χ0) is 15.6. The van der Waals surface area contributed by atoms with Crippen LogP contribution in [0.25, 0.3) is 0 Å². The minimum atomic E-state index is -0.725. The number of nitrogens with one attached hydrogen (secondary N) is 3. The Kier molecular flexibility index (Phi) is 4.43. The van der Waals surface area contributed by atoms with Crippen LogP contribution in [0.15, 0.2) is 4.79 Å². The quantitative estimate of drug-likeness (QED) is 0.431. The Hall–Kier alpha value is -2.13. The van der Waals surface area contributed by atoms with Gasteiger partial charge >= 0.3 is 0 Å². The summed E-state index contributed by atoms with van der Waals surface area (Å²) < 4.78 is 0. The molecule has 9 nitrogen and oxygen atoms in total. The maximum atomic E-state index is 12.5. The molecule has 0 saturated heterocycles. The standard InChI is InChI=1S/C12H19N5O4/c1-5(2)9(21-20-3)8(18)6-4-14-10-7(15-6)11(19)17-12(13)16-10/h5-6,9,15H,4H2,1-3H3,(H4,13,14,16,17,19). The van der Waals surface area contributed by atoms with Crippen molar-refractivity contribution in [3.63, 3.8) is 0 Å². The molecule has 9 heteroatoms. The van der Waals surface area contributed by atoms with E-state index in [0.29, 0.717) is 5.82 Å². The summed E-state index contributed by atoms with van der Waals surface area (Å²) in [5.74, 6) is 0.0688. The van der Waals surface area contributed by atoms with E-state index in [-0.39, 0.29) is 29.9 Å². The molecule has 0 spiro atoms. The lowest BCUT2D eigenvalue weighted by molar-refractivity contribution is -0.304. The fourth-order valence-electron chi connectivity index (χ4n) is 2.14. The van der Waals surface area contributed by atoms with E-state index < -0.39 is 17.7 Å². The Morgan fingerprint density at radius 2 is 2.19 bits per heavy atom. The number of carbonyl (C=O) groups is 1. The van der Waals surface area contributed by atoms with Crippen molar-refractivity contribution in [3.05, 3.63) is 10.4 Å². The van der Waals surface area contributed by atoms with E-state index in [9.17, 15) is 9.59 Å². The predicted octanol–water partition coefficient (Wildman–Crippen LogP) is -0.270. The number of nitrogens with two attached hydrogens (primary N) is 1. The van der Waals surface area contributed by atoms with Gasteiger partial charge in [-0.1, -0.05) is 13.8 Å². The largest absolute Gasteiger partial charge is 0.369 e. The monoisotopic (exact) mass is 297 g/mol. The molecule has 1 aromatic rings. The van der Waals surface area contributed by atoms with Crippen LogP contribution in [-0.2, 0) is 14.6 Å². The second-order valence-corrected chi connectivity index (χ2v) is 5.08. The summed E-state index contributed by atoms with van der Waals surface area (Å²) in [5, 5.41) is 5.80. The van der Waals surface area contributed by atoms with Crippen molar-refractivity contribution in [1.29, 1.82) is 0 Å². The lowest BCUT2D eigenvalue weighted by atomic mass is 9.97. The number of Topliss-reactive ketones (excluding diaryl/α,β-unsaturated/α-hetero) is 1. The number of ketones is 1. The van der Waals surface area contributed by atoms with Gasteiger partial charge in [0.15, 0.2) is 17.7 Å². The van der Waals surface area contributed by atoms with Gasteiger partial charge in [0.1, 0.15) is 11.7 Å². The smallest absolute Gasteiger partial charge is 0.277 e. The summed E-state index contributed by atoms with van der Waals surface area (Å²) >= 11 is 0. The number of aromatic amines is 1. The van der Waals surface area contributed by atoms with Crippen LogP contribution in [0.2, 0.25) is 0 Å². The van der Waals surface area contributed by atoms with Gasteiger partial charge in [-0.25, -0.2) is 9.78 Å². The lowest BCUT2D eigenvalue weighted by Gasteiger charge is -2.29. The number of fused-ring (bicyclic) bond motifs is 1. The fraction of sp³-hybridized carbons (Fsp3) is 0.583. The summed E-state index contributed by atoms with van der Waals surface area (Å²) in [6.45, 7) is 3.97. The van der Waals surface area contributed by atoms with Crippen LogP contribution in [0, 0.1) is 5.92 Å². The maximum Gasteiger partial charge on any atom is 0.277 e. The van der Waals surface area contributed by atoms with Crippen molar-refractivity contribution < 1.29 is 14.6 Å². The third-order valence-electron chi connectivity index (χ3n) is 3.16. The molecule has 0 amide bonds. The summed E-state index contributed by atoms with van der Waals surface area (Å²) in [4.78, 5) is 40.3. The Morgan fingerprint density at radius 3 is 2.81 bits per heavy atom. The molecule has 2 heterocycles. The van der Waals surface area contributed by atoms with Gasteiger partial charge in [0.2, 0.25) is 5.95 Å². The molecule has 0 radical (unpaired) electrons. The minimum absolute atomic E-state index is 0.0144. The second kappa shape index (κ2) is 6.10. The number of nitrogens with zero attached hydrogens (tertiary/aromatic N) is 1. The normalized spacial score (nSPS) is 18.6. The molecule has 21 heavy (non-hydrogen) atoms. The number of rotatable bonds is 5. The van der Waals surface area contributed by atoms with Crippen molar-refractivity contribution in [3.8, 4) is 0 Å². The van der Waals surface area contributed by atoms with Gasteiger partial charge in [0.05, 0.1) is 7.11 Å². The van der Waals surface area contributed by atoms with Crippen molar-refractivity contribution in [2.45, 2.75) is 26.0 Å². The van der Waals surface area contributed by atoms with Gasteiger partial charge in [0, 0.05) is 6.54 Å². The van der Waals surface area contributed by atoms with Crippen LogP contribution in [0.1, 0.15) is 13.8 Å². The molecular formula is C12H19N5O4. The number of H-pyrrole nitrogens is 1. The van der Waals surface area contributed by atoms with Crippen LogP contribution in [0.5, 0.6) is 0 Å².